The first kappa shape index (κ1) is 12.4. The molecule has 0 bridgehead atoms. The molecule has 2 aliphatic rings. The normalized spacial score (nSPS) is 20.9. The summed E-state index contributed by atoms with van der Waals surface area (Å²) in [7, 11) is 0. The van der Waals surface area contributed by atoms with E-state index in [-0.39, 0.29) is 11.5 Å². The lowest BCUT2D eigenvalue weighted by Crippen LogP contribution is -2.48. The van der Waals surface area contributed by atoms with Gasteiger partial charge in [-0.15, -0.1) is 0 Å². The quantitative estimate of drug-likeness (QED) is 0.722. The molecule has 2 heterocycles. The number of benzene rings is 1. The molecule has 0 radical (unpaired) electrons. The maximum absolute atomic E-state index is 11.7. The highest BCUT2D eigenvalue weighted by molar-refractivity contribution is 5.87. The highest BCUT2D eigenvalue weighted by Gasteiger charge is 2.41. The molecule has 1 aromatic rings. The van der Waals surface area contributed by atoms with Crippen LogP contribution in [0, 0.1) is 0 Å². The highest BCUT2D eigenvalue weighted by Crippen LogP contribution is 2.41. The summed E-state index contributed by atoms with van der Waals surface area (Å²) in [5, 5.41) is 0. The van der Waals surface area contributed by atoms with Gasteiger partial charge < -0.3 is 9.64 Å². The van der Waals surface area contributed by atoms with Gasteiger partial charge in [-0.2, -0.15) is 0 Å². The Morgan fingerprint density at radius 2 is 2.05 bits per heavy atom. The molecule has 0 N–H and O–H groups in total. The van der Waals surface area contributed by atoms with Crippen molar-refractivity contribution in [3.8, 4) is 0 Å². The van der Waals surface area contributed by atoms with Crippen LogP contribution in [0.25, 0.3) is 0 Å². The maximum atomic E-state index is 11.7. The smallest absolute Gasteiger partial charge is 0.245 e. The third-order valence-electron chi connectivity index (χ3n) is 4.32. The summed E-state index contributed by atoms with van der Waals surface area (Å²) in [4.78, 5) is 13.5. The minimum absolute atomic E-state index is 0.0268. The second kappa shape index (κ2) is 4.82. The van der Waals surface area contributed by atoms with Crippen molar-refractivity contribution in [2.24, 2.45) is 0 Å². The summed E-state index contributed by atoms with van der Waals surface area (Å²) in [5.41, 5.74) is 2.55. The molecular weight excluding hydrogens is 238 g/mol. The molecular formula is C16H19NO2. The van der Waals surface area contributed by atoms with E-state index < -0.39 is 0 Å². The molecule has 2 aliphatic heterocycles. The van der Waals surface area contributed by atoms with E-state index in [1.807, 2.05) is 4.90 Å². The molecule has 0 aliphatic carbocycles. The first-order valence-electron chi connectivity index (χ1n) is 6.89. The molecule has 3 rings (SSSR count). The number of amides is 1. The Morgan fingerprint density at radius 3 is 2.79 bits per heavy atom. The van der Waals surface area contributed by atoms with E-state index in [1.54, 1.807) is 0 Å². The lowest BCUT2D eigenvalue weighted by atomic mass is 9.79. The second-order valence-corrected chi connectivity index (χ2v) is 5.28. The predicted octanol–water partition coefficient (Wildman–Crippen LogP) is 2.26. The fourth-order valence-corrected chi connectivity index (χ4v) is 3.25. The van der Waals surface area contributed by atoms with Gasteiger partial charge in [0.05, 0.1) is 12.2 Å². The number of rotatable bonds is 1. The largest absolute Gasteiger partial charge is 0.370 e. The van der Waals surface area contributed by atoms with Gasteiger partial charge in [0.1, 0.15) is 0 Å². The first-order valence-corrected chi connectivity index (χ1v) is 6.89. The molecule has 1 saturated heterocycles. The third kappa shape index (κ3) is 2.08. The van der Waals surface area contributed by atoms with Crippen molar-refractivity contribution in [3.05, 3.63) is 48.0 Å². The second-order valence-electron chi connectivity index (χ2n) is 5.28. The Balaban J connectivity index is 1.84. The lowest BCUT2D eigenvalue weighted by Gasteiger charge is -2.44. The zero-order chi connectivity index (χ0) is 13.3. The fourth-order valence-electron chi connectivity index (χ4n) is 3.25. The Labute approximate surface area is 113 Å². The number of ether oxygens (including phenoxy) is 1. The standard InChI is InChI=1S/C16H19NO2/c1-2-15(18)17-10-8-16(9-11-17)14-6-4-3-5-13(14)7-12-19-16/h2-6H,1,7-12H2. The number of likely N-dealkylation sites (tertiary alicyclic amines) is 1. The van der Waals surface area contributed by atoms with Crippen LogP contribution in [-0.2, 0) is 21.6 Å². The first-order chi connectivity index (χ1) is 9.25. The van der Waals surface area contributed by atoms with E-state index in [9.17, 15) is 4.79 Å². The predicted molar refractivity (Wildman–Crippen MR) is 73.8 cm³/mol. The number of fused-ring (bicyclic) bond motifs is 2. The van der Waals surface area contributed by atoms with Crippen LogP contribution in [0.2, 0.25) is 0 Å². The Hall–Kier alpha value is -1.61. The molecule has 3 heteroatoms. The van der Waals surface area contributed by atoms with Crippen LogP contribution in [0.15, 0.2) is 36.9 Å². The molecule has 0 saturated carbocycles. The Bertz CT molecular complexity index is 501. The monoisotopic (exact) mass is 257 g/mol. The van der Waals surface area contributed by atoms with Crippen LogP contribution < -0.4 is 0 Å². The molecule has 1 aromatic carbocycles. The van der Waals surface area contributed by atoms with Crippen LogP contribution in [0.5, 0.6) is 0 Å². The minimum Gasteiger partial charge on any atom is -0.370 e. The minimum atomic E-state index is -0.174. The van der Waals surface area contributed by atoms with Crippen molar-refractivity contribution < 1.29 is 9.53 Å². The van der Waals surface area contributed by atoms with E-state index in [1.165, 1.54) is 17.2 Å². The van der Waals surface area contributed by atoms with Gasteiger partial charge in [0.25, 0.3) is 0 Å². The molecule has 1 fully saturated rings. The number of hydrogen-bond acceptors (Lipinski definition) is 2. The van der Waals surface area contributed by atoms with Crippen molar-refractivity contribution in [2.75, 3.05) is 19.7 Å². The summed E-state index contributed by atoms with van der Waals surface area (Å²) in [6.45, 7) is 5.84. The molecule has 3 nitrogen and oxygen atoms in total. The topological polar surface area (TPSA) is 29.5 Å². The van der Waals surface area contributed by atoms with Crippen LogP contribution in [0.4, 0.5) is 0 Å². The van der Waals surface area contributed by atoms with Crippen LogP contribution in [0.1, 0.15) is 24.0 Å². The number of piperidine rings is 1. The Kier molecular flexibility index (Phi) is 3.15. The average molecular weight is 257 g/mol. The van der Waals surface area contributed by atoms with Crippen LogP contribution >= 0.6 is 0 Å². The number of carbonyl (C=O) groups excluding carboxylic acids is 1. The summed E-state index contributed by atoms with van der Waals surface area (Å²) >= 11 is 0. The molecule has 0 atom stereocenters. The van der Waals surface area contributed by atoms with Crippen molar-refractivity contribution in [1.29, 1.82) is 0 Å². The Morgan fingerprint density at radius 1 is 1.32 bits per heavy atom. The van der Waals surface area contributed by atoms with Gasteiger partial charge in [-0.1, -0.05) is 30.8 Å². The van der Waals surface area contributed by atoms with Crippen LogP contribution in [0.3, 0.4) is 0 Å². The van der Waals surface area contributed by atoms with Crippen LogP contribution in [-0.4, -0.2) is 30.5 Å². The molecule has 100 valence electrons. The summed E-state index contributed by atoms with van der Waals surface area (Å²) in [6.07, 6.45) is 4.15. The fraction of sp³-hybridized carbons (Fsp3) is 0.438. The van der Waals surface area contributed by atoms with Gasteiger partial charge in [-0.25, -0.2) is 0 Å². The average Bonchev–Trinajstić information content (AvgIpc) is 2.48. The van der Waals surface area contributed by atoms with Gasteiger partial charge >= 0.3 is 0 Å². The van der Waals surface area contributed by atoms with Crippen molar-refractivity contribution in [2.45, 2.75) is 24.9 Å². The van der Waals surface area contributed by atoms with Gasteiger partial charge in [0.2, 0.25) is 5.91 Å². The van der Waals surface area contributed by atoms with E-state index in [4.69, 9.17) is 4.74 Å². The molecule has 1 spiro atoms. The maximum Gasteiger partial charge on any atom is 0.245 e. The van der Waals surface area contributed by atoms with Gasteiger partial charge in [-0.3, -0.25) is 4.79 Å². The number of carbonyl (C=O) groups is 1. The van der Waals surface area contributed by atoms with E-state index >= 15 is 0 Å². The van der Waals surface area contributed by atoms with Gasteiger partial charge in [-0.05, 0) is 36.5 Å². The summed E-state index contributed by atoms with van der Waals surface area (Å²) in [6, 6.07) is 8.55. The van der Waals surface area contributed by atoms with Gasteiger partial charge in [0, 0.05) is 13.1 Å². The van der Waals surface area contributed by atoms with Gasteiger partial charge in [0.15, 0.2) is 0 Å². The molecule has 0 aromatic heterocycles. The zero-order valence-corrected chi connectivity index (χ0v) is 11.1. The van der Waals surface area contributed by atoms with Crippen molar-refractivity contribution in [3.63, 3.8) is 0 Å². The molecule has 1 amide bonds. The summed E-state index contributed by atoms with van der Waals surface area (Å²) < 4.78 is 6.13. The SMILES string of the molecule is C=CC(=O)N1CCC2(CC1)OCCc1ccccc12. The molecule has 0 unspecified atom stereocenters. The highest BCUT2D eigenvalue weighted by atomic mass is 16.5. The zero-order valence-electron chi connectivity index (χ0n) is 11.1. The van der Waals surface area contributed by atoms with E-state index in [2.05, 4.69) is 30.8 Å². The number of nitrogens with zero attached hydrogens (tertiary/aromatic N) is 1. The lowest BCUT2D eigenvalue weighted by molar-refractivity contribution is -0.135. The van der Waals surface area contributed by atoms with E-state index in [0.717, 1.165) is 39.0 Å². The van der Waals surface area contributed by atoms with E-state index in [0.29, 0.717) is 0 Å². The molecule has 19 heavy (non-hydrogen) atoms. The van der Waals surface area contributed by atoms with Crippen molar-refractivity contribution in [1.82, 2.24) is 4.90 Å². The third-order valence-corrected chi connectivity index (χ3v) is 4.32. The summed E-state index contributed by atoms with van der Waals surface area (Å²) in [5.74, 6) is 0.0268. The number of hydrogen-bond donors (Lipinski definition) is 0. The van der Waals surface area contributed by atoms with Crippen molar-refractivity contribution >= 4 is 5.91 Å².